The van der Waals surface area contributed by atoms with Gasteiger partial charge in [-0.25, -0.2) is 4.98 Å². The third kappa shape index (κ3) is 2.37. The van der Waals surface area contributed by atoms with Crippen molar-refractivity contribution in [1.29, 1.82) is 0 Å². The van der Waals surface area contributed by atoms with E-state index in [-0.39, 0.29) is 18.2 Å². The van der Waals surface area contributed by atoms with Crippen LogP contribution in [-0.2, 0) is 4.79 Å². The number of rotatable bonds is 3. The Morgan fingerprint density at radius 2 is 2.16 bits per heavy atom. The molecule has 1 N–H and O–H groups in total. The minimum absolute atomic E-state index is 0.115. The second-order valence-electron chi connectivity index (χ2n) is 4.02. The Labute approximate surface area is 113 Å². The number of thioether (sulfide) groups is 1. The van der Waals surface area contributed by atoms with Gasteiger partial charge in [-0.3, -0.25) is 9.59 Å². The van der Waals surface area contributed by atoms with Gasteiger partial charge in [-0.15, -0.1) is 0 Å². The maximum absolute atomic E-state index is 11.9. The Balaban J connectivity index is 1.63. The fraction of sp³-hybridized carbons (Fsp3) is 0.167. The maximum atomic E-state index is 11.9. The molecule has 1 aromatic heterocycles. The van der Waals surface area contributed by atoms with Crippen molar-refractivity contribution in [2.75, 3.05) is 5.32 Å². The minimum atomic E-state index is -0.445. The summed E-state index contributed by atoms with van der Waals surface area (Å²) in [6.07, 6.45) is 1.45. The van der Waals surface area contributed by atoms with E-state index in [1.165, 1.54) is 22.8 Å². The number of carbonyl (C=O) groups excluding carboxylic acids is 2. The lowest BCUT2D eigenvalue weighted by Crippen LogP contribution is -2.24. The number of anilines is 1. The summed E-state index contributed by atoms with van der Waals surface area (Å²) >= 11 is 1.27. The fourth-order valence-electron chi connectivity index (χ4n) is 1.81. The Hall–Kier alpha value is -2.15. The molecule has 1 amide bonds. The predicted molar refractivity (Wildman–Crippen MR) is 70.0 cm³/mol. The molecule has 2 aromatic rings. The molecule has 0 spiro atoms. The highest BCUT2D eigenvalue weighted by molar-refractivity contribution is 8.00. The van der Waals surface area contributed by atoms with Gasteiger partial charge in [-0.2, -0.15) is 9.78 Å². The molecule has 0 saturated heterocycles. The normalized spacial score (nSPS) is 17.3. The first-order valence-corrected chi connectivity index (χ1v) is 6.58. The van der Waals surface area contributed by atoms with E-state index in [1.807, 2.05) is 18.2 Å². The molecular weight excluding hydrogens is 264 g/mol. The van der Waals surface area contributed by atoms with Gasteiger partial charge >= 0.3 is 0 Å². The second kappa shape index (κ2) is 4.85. The lowest BCUT2D eigenvalue weighted by Gasteiger charge is -2.07. The zero-order valence-corrected chi connectivity index (χ0v) is 10.6. The van der Waals surface area contributed by atoms with E-state index in [2.05, 4.69) is 15.4 Å². The molecule has 2 heterocycles. The number of nitrogens with zero attached hydrogens (tertiary/aromatic N) is 3. The third-order valence-electron chi connectivity index (χ3n) is 2.68. The summed E-state index contributed by atoms with van der Waals surface area (Å²) in [4.78, 5) is 27.7. The summed E-state index contributed by atoms with van der Waals surface area (Å²) in [6, 6.07) is 9.15. The number of hydrogen-bond donors (Lipinski definition) is 1. The monoisotopic (exact) mass is 274 g/mol. The summed E-state index contributed by atoms with van der Waals surface area (Å²) in [6.45, 7) is 0. The number of aromatic nitrogens is 3. The highest BCUT2D eigenvalue weighted by atomic mass is 32.2. The number of nitrogens with one attached hydrogen (secondary N) is 1. The van der Waals surface area contributed by atoms with Crippen LogP contribution in [0.5, 0.6) is 0 Å². The van der Waals surface area contributed by atoms with Crippen molar-refractivity contribution in [3.63, 3.8) is 0 Å². The number of carbonyl (C=O) groups is 2. The quantitative estimate of drug-likeness (QED) is 0.916. The van der Waals surface area contributed by atoms with Gasteiger partial charge in [0.05, 0.1) is 0 Å². The van der Waals surface area contributed by atoms with Crippen LogP contribution in [0.25, 0.3) is 0 Å². The van der Waals surface area contributed by atoms with Crippen LogP contribution in [0, 0.1) is 0 Å². The van der Waals surface area contributed by atoms with Crippen LogP contribution in [-0.4, -0.2) is 31.8 Å². The highest BCUT2D eigenvalue weighted by Gasteiger charge is 2.34. The summed E-state index contributed by atoms with van der Waals surface area (Å²) in [5, 5.41) is 6.68. The number of hydrogen-bond acceptors (Lipinski definition) is 5. The van der Waals surface area contributed by atoms with Crippen LogP contribution in [0.15, 0.2) is 41.8 Å². The number of amides is 1. The molecule has 7 heteroatoms. The van der Waals surface area contributed by atoms with Crippen LogP contribution in [0.4, 0.5) is 5.69 Å². The number of para-hydroxylation sites is 1. The van der Waals surface area contributed by atoms with Gasteiger partial charge in [0.2, 0.25) is 5.91 Å². The molecule has 1 atom stereocenters. The highest BCUT2D eigenvalue weighted by Crippen LogP contribution is 2.31. The van der Waals surface area contributed by atoms with Gasteiger partial charge in [0.25, 0.3) is 5.91 Å². The lowest BCUT2D eigenvalue weighted by molar-refractivity contribution is -0.116. The smallest absolute Gasteiger partial charge is 0.263 e. The van der Waals surface area contributed by atoms with Crippen LogP contribution in [0.3, 0.4) is 0 Å². The molecule has 1 aliphatic heterocycles. The van der Waals surface area contributed by atoms with Crippen molar-refractivity contribution in [2.24, 2.45) is 0 Å². The van der Waals surface area contributed by atoms with Crippen LogP contribution >= 0.6 is 11.8 Å². The van der Waals surface area contributed by atoms with E-state index in [4.69, 9.17) is 0 Å². The molecule has 0 fully saturated rings. The van der Waals surface area contributed by atoms with Crippen molar-refractivity contribution in [3.05, 3.63) is 36.7 Å². The second-order valence-corrected chi connectivity index (χ2v) is 5.19. The molecule has 0 radical (unpaired) electrons. The Bertz CT molecular complexity index is 626. The molecule has 19 heavy (non-hydrogen) atoms. The molecule has 0 saturated carbocycles. The van der Waals surface area contributed by atoms with E-state index in [1.54, 1.807) is 12.1 Å². The van der Waals surface area contributed by atoms with Gasteiger partial charge in [-0.05, 0) is 12.1 Å². The molecule has 0 aliphatic carbocycles. The zero-order chi connectivity index (χ0) is 13.2. The molecular formula is C12H10N4O2S. The topological polar surface area (TPSA) is 76.9 Å². The Morgan fingerprint density at radius 3 is 2.89 bits per heavy atom. The summed E-state index contributed by atoms with van der Waals surface area (Å²) in [5.41, 5.74) is 0.721. The van der Waals surface area contributed by atoms with Crippen molar-refractivity contribution in [1.82, 2.24) is 14.8 Å². The van der Waals surface area contributed by atoms with E-state index >= 15 is 0 Å². The van der Waals surface area contributed by atoms with Crippen molar-refractivity contribution < 1.29 is 9.59 Å². The average molecular weight is 274 g/mol. The largest absolute Gasteiger partial charge is 0.326 e. The van der Waals surface area contributed by atoms with Gasteiger partial charge in [0.1, 0.15) is 11.6 Å². The van der Waals surface area contributed by atoms with Crippen molar-refractivity contribution in [2.45, 2.75) is 16.8 Å². The molecule has 0 unspecified atom stereocenters. The zero-order valence-electron chi connectivity index (χ0n) is 9.81. The van der Waals surface area contributed by atoms with Gasteiger partial charge in [-0.1, -0.05) is 30.0 Å². The Morgan fingerprint density at radius 1 is 1.37 bits per heavy atom. The van der Waals surface area contributed by atoms with Gasteiger partial charge in [0, 0.05) is 12.1 Å². The number of fused-ring (bicyclic) bond motifs is 1. The summed E-state index contributed by atoms with van der Waals surface area (Å²) < 4.78 is 1.24. The predicted octanol–water partition coefficient (Wildman–Crippen LogP) is 1.42. The van der Waals surface area contributed by atoms with Crippen LogP contribution in [0.2, 0.25) is 0 Å². The first kappa shape index (κ1) is 11.9. The van der Waals surface area contributed by atoms with Crippen molar-refractivity contribution >= 4 is 29.3 Å². The van der Waals surface area contributed by atoms with E-state index < -0.39 is 5.25 Å². The van der Waals surface area contributed by atoms with E-state index in [0.717, 1.165) is 5.69 Å². The summed E-state index contributed by atoms with van der Waals surface area (Å²) in [7, 11) is 0. The van der Waals surface area contributed by atoms with E-state index in [9.17, 15) is 9.59 Å². The molecule has 96 valence electrons. The Kier molecular flexibility index (Phi) is 3.04. The van der Waals surface area contributed by atoms with Crippen LogP contribution < -0.4 is 5.32 Å². The maximum Gasteiger partial charge on any atom is 0.263 e. The van der Waals surface area contributed by atoms with Gasteiger partial charge < -0.3 is 5.32 Å². The van der Waals surface area contributed by atoms with E-state index in [0.29, 0.717) is 5.16 Å². The molecule has 1 aliphatic rings. The summed E-state index contributed by atoms with van der Waals surface area (Å²) in [5.74, 6) is -0.386. The molecule has 1 aromatic carbocycles. The third-order valence-corrected chi connectivity index (χ3v) is 3.82. The van der Waals surface area contributed by atoms with Crippen LogP contribution in [0.1, 0.15) is 11.2 Å². The fourth-order valence-corrected chi connectivity index (χ4v) is 2.84. The molecule has 6 nitrogen and oxygen atoms in total. The number of benzene rings is 1. The molecule has 0 bridgehead atoms. The first-order chi connectivity index (χ1) is 9.24. The van der Waals surface area contributed by atoms with Gasteiger partial charge in [0.15, 0.2) is 5.16 Å². The standard InChI is InChI=1S/C12H10N4O2S/c17-10(15-8-4-2-1-3-5-8)6-9-11(18)16-12(19-9)13-7-14-16/h1-5,7,9H,6H2,(H,15,17)/t9-/m1/s1. The average Bonchev–Trinajstić information content (AvgIpc) is 2.96. The lowest BCUT2D eigenvalue weighted by atomic mass is 10.2. The first-order valence-electron chi connectivity index (χ1n) is 5.70. The molecule has 3 rings (SSSR count). The minimum Gasteiger partial charge on any atom is -0.326 e. The van der Waals surface area contributed by atoms with Crippen molar-refractivity contribution in [3.8, 4) is 0 Å². The SMILES string of the molecule is O=C(C[C@H]1Sc2ncnn2C1=O)Nc1ccccc1.